The Balaban J connectivity index is 2.72. The normalized spacial score (nSPS) is 11.9. The van der Waals surface area contributed by atoms with Gasteiger partial charge < -0.3 is 14.2 Å². The van der Waals surface area contributed by atoms with Crippen LogP contribution in [0.5, 0.6) is 11.5 Å². The molecule has 0 spiro atoms. The van der Waals surface area contributed by atoms with Crippen LogP contribution in [0, 0.1) is 0 Å². The van der Waals surface area contributed by atoms with Crippen LogP contribution in [-0.2, 0) is 4.74 Å². The molecule has 0 saturated heterocycles. The molecule has 4 heteroatoms. The zero-order valence-electron chi connectivity index (χ0n) is 10.4. The van der Waals surface area contributed by atoms with Gasteiger partial charge in [0.25, 0.3) is 0 Å². The molecule has 0 saturated carbocycles. The summed E-state index contributed by atoms with van der Waals surface area (Å²) >= 11 is 0. The molecule has 1 atom stereocenters. The van der Waals surface area contributed by atoms with Crippen molar-refractivity contribution in [1.29, 1.82) is 0 Å². The lowest BCUT2D eigenvalue weighted by Gasteiger charge is -2.16. The summed E-state index contributed by atoms with van der Waals surface area (Å²) in [4.78, 5) is 10.9. The summed E-state index contributed by atoms with van der Waals surface area (Å²) in [5.74, 6) is 1.22. The van der Waals surface area contributed by atoms with Gasteiger partial charge in [0.1, 0.15) is 11.5 Å². The Bertz CT molecular complexity index is 362. The third-order valence-corrected chi connectivity index (χ3v) is 2.40. The number of ether oxygens (including phenoxy) is 3. The van der Waals surface area contributed by atoms with Gasteiger partial charge in [-0.05, 0) is 25.1 Å². The zero-order chi connectivity index (χ0) is 12.7. The molecule has 0 aliphatic carbocycles. The number of benzene rings is 1. The third-order valence-electron chi connectivity index (χ3n) is 2.40. The van der Waals surface area contributed by atoms with Crippen molar-refractivity contribution < 1.29 is 19.0 Å². The first-order valence-electron chi connectivity index (χ1n) is 5.50. The lowest BCUT2D eigenvalue weighted by Crippen LogP contribution is -2.15. The number of carbonyl (C=O) groups is 1. The standard InChI is InChI=1S/C13H18O4/c1-10(6-7-15-2)17-13-5-4-12(16-3)8-11(13)9-14/h4-5,8-10H,6-7H2,1-3H3. The van der Waals surface area contributed by atoms with Gasteiger partial charge in [-0.15, -0.1) is 0 Å². The van der Waals surface area contributed by atoms with Gasteiger partial charge in [-0.3, -0.25) is 4.79 Å². The minimum Gasteiger partial charge on any atom is -0.497 e. The molecular weight excluding hydrogens is 220 g/mol. The van der Waals surface area contributed by atoms with Crippen LogP contribution in [0.4, 0.5) is 0 Å². The molecule has 94 valence electrons. The summed E-state index contributed by atoms with van der Waals surface area (Å²) in [6.07, 6.45) is 1.55. The van der Waals surface area contributed by atoms with Crippen LogP contribution in [0.2, 0.25) is 0 Å². The van der Waals surface area contributed by atoms with Gasteiger partial charge in [-0.25, -0.2) is 0 Å². The number of hydrogen-bond donors (Lipinski definition) is 0. The number of hydrogen-bond acceptors (Lipinski definition) is 4. The molecule has 0 amide bonds. The van der Waals surface area contributed by atoms with E-state index in [4.69, 9.17) is 14.2 Å². The van der Waals surface area contributed by atoms with Gasteiger partial charge in [0.05, 0.1) is 18.8 Å². The molecule has 1 aromatic carbocycles. The van der Waals surface area contributed by atoms with E-state index >= 15 is 0 Å². The maximum atomic E-state index is 10.9. The molecule has 1 rings (SSSR count). The van der Waals surface area contributed by atoms with Crippen molar-refractivity contribution in [2.24, 2.45) is 0 Å². The van der Waals surface area contributed by atoms with Crippen LogP contribution in [-0.4, -0.2) is 33.2 Å². The molecule has 0 bridgehead atoms. The van der Waals surface area contributed by atoms with E-state index in [1.807, 2.05) is 6.92 Å². The van der Waals surface area contributed by atoms with E-state index in [0.29, 0.717) is 23.7 Å². The molecule has 0 aromatic heterocycles. The number of carbonyl (C=O) groups excluding carboxylic acids is 1. The second-order valence-corrected chi connectivity index (χ2v) is 3.73. The second kappa shape index (κ2) is 6.91. The van der Waals surface area contributed by atoms with Crippen molar-refractivity contribution in [2.45, 2.75) is 19.4 Å². The molecule has 17 heavy (non-hydrogen) atoms. The van der Waals surface area contributed by atoms with E-state index in [9.17, 15) is 4.79 Å². The number of aldehydes is 1. The molecular formula is C13H18O4. The van der Waals surface area contributed by atoms with Gasteiger partial charge in [0, 0.05) is 20.1 Å². The minimum absolute atomic E-state index is 0.00189. The summed E-state index contributed by atoms with van der Waals surface area (Å²) in [6, 6.07) is 5.17. The second-order valence-electron chi connectivity index (χ2n) is 3.73. The molecule has 4 nitrogen and oxygen atoms in total. The van der Waals surface area contributed by atoms with Crippen molar-refractivity contribution in [3.63, 3.8) is 0 Å². The molecule has 1 unspecified atom stereocenters. The van der Waals surface area contributed by atoms with Crippen molar-refractivity contribution in [3.8, 4) is 11.5 Å². The van der Waals surface area contributed by atoms with Crippen LogP contribution < -0.4 is 9.47 Å². The predicted molar refractivity (Wildman–Crippen MR) is 65.0 cm³/mol. The number of methoxy groups -OCH3 is 2. The van der Waals surface area contributed by atoms with E-state index in [1.54, 1.807) is 32.4 Å². The van der Waals surface area contributed by atoms with Gasteiger partial charge in [0.15, 0.2) is 6.29 Å². The van der Waals surface area contributed by atoms with Crippen LogP contribution in [0.15, 0.2) is 18.2 Å². The fourth-order valence-electron chi connectivity index (χ4n) is 1.41. The van der Waals surface area contributed by atoms with E-state index in [-0.39, 0.29) is 6.10 Å². The fraction of sp³-hybridized carbons (Fsp3) is 0.462. The zero-order valence-corrected chi connectivity index (χ0v) is 10.4. The average molecular weight is 238 g/mol. The monoisotopic (exact) mass is 238 g/mol. The Morgan fingerprint density at radius 1 is 1.35 bits per heavy atom. The Morgan fingerprint density at radius 2 is 2.12 bits per heavy atom. The molecule has 0 fully saturated rings. The first-order valence-corrected chi connectivity index (χ1v) is 5.50. The molecule has 0 radical (unpaired) electrons. The molecule has 0 aliphatic heterocycles. The summed E-state index contributed by atoms with van der Waals surface area (Å²) < 4.78 is 15.7. The topological polar surface area (TPSA) is 44.8 Å². The van der Waals surface area contributed by atoms with Crippen molar-refractivity contribution in [2.75, 3.05) is 20.8 Å². The van der Waals surface area contributed by atoms with Crippen molar-refractivity contribution >= 4 is 6.29 Å². The molecule has 0 N–H and O–H groups in total. The number of rotatable bonds is 7. The van der Waals surface area contributed by atoms with Crippen LogP contribution in [0.3, 0.4) is 0 Å². The highest BCUT2D eigenvalue weighted by Gasteiger charge is 2.09. The summed E-state index contributed by atoms with van der Waals surface area (Å²) in [5.41, 5.74) is 0.494. The Hall–Kier alpha value is -1.55. The van der Waals surface area contributed by atoms with Crippen LogP contribution >= 0.6 is 0 Å². The van der Waals surface area contributed by atoms with Gasteiger partial charge in [-0.1, -0.05) is 0 Å². The molecule has 0 heterocycles. The van der Waals surface area contributed by atoms with Gasteiger partial charge >= 0.3 is 0 Å². The SMILES string of the molecule is COCCC(C)Oc1ccc(OC)cc1C=O. The first-order chi connectivity index (χ1) is 8.21. The highest BCUT2D eigenvalue weighted by Crippen LogP contribution is 2.24. The van der Waals surface area contributed by atoms with Gasteiger partial charge in [0.2, 0.25) is 0 Å². The van der Waals surface area contributed by atoms with Crippen molar-refractivity contribution in [1.82, 2.24) is 0 Å². The van der Waals surface area contributed by atoms with Crippen LogP contribution in [0.25, 0.3) is 0 Å². The summed E-state index contributed by atoms with van der Waals surface area (Å²) in [6.45, 7) is 2.57. The third kappa shape index (κ3) is 4.07. The Kier molecular flexibility index (Phi) is 5.49. The lowest BCUT2D eigenvalue weighted by molar-refractivity contribution is 0.110. The van der Waals surface area contributed by atoms with Crippen molar-refractivity contribution in [3.05, 3.63) is 23.8 Å². The van der Waals surface area contributed by atoms with E-state index in [2.05, 4.69) is 0 Å². The first kappa shape index (κ1) is 13.5. The Morgan fingerprint density at radius 3 is 2.71 bits per heavy atom. The maximum Gasteiger partial charge on any atom is 0.153 e. The quantitative estimate of drug-likeness (QED) is 0.684. The van der Waals surface area contributed by atoms with E-state index in [1.165, 1.54) is 0 Å². The highest BCUT2D eigenvalue weighted by molar-refractivity contribution is 5.80. The maximum absolute atomic E-state index is 10.9. The highest BCUT2D eigenvalue weighted by atomic mass is 16.5. The largest absolute Gasteiger partial charge is 0.497 e. The molecule has 0 aliphatic rings. The fourth-order valence-corrected chi connectivity index (χ4v) is 1.41. The lowest BCUT2D eigenvalue weighted by atomic mass is 10.2. The smallest absolute Gasteiger partial charge is 0.153 e. The minimum atomic E-state index is 0.00189. The van der Waals surface area contributed by atoms with E-state index < -0.39 is 0 Å². The molecule has 1 aromatic rings. The predicted octanol–water partition coefficient (Wildman–Crippen LogP) is 2.31. The van der Waals surface area contributed by atoms with Crippen LogP contribution in [0.1, 0.15) is 23.7 Å². The Labute approximate surface area is 101 Å². The summed E-state index contributed by atoms with van der Waals surface area (Å²) in [7, 11) is 3.21. The average Bonchev–Trinajstić information content (AvgIpc) is 2.36. The van der Waals surface area contributed by atoms with Gasteiger partial charge in [-0.2, -0.15) is 0 Å². The van der Waals surface area contributed by atoms with E-state index in [0.717, 1.165) is 12.7 Å². The summed E-state index contributed by atoms with van der Waals surface area (Å²) in [5, 5.41) is 0.